The first kappa shape index (κ1) is 19.0. The Hall–Kier alpha value is -1.82. The van der Waals surface area contributed by atoms with E-state index >= 15 is 0 Å². The van der Waals surface area contributed by atoms with E-state index in [1.165, 1.54) is 18.2 Å². The molecule has 1 aromatic carbocycles. The van der Waals surface area contributed by atoms with Crippen molar-refractivity contribution in [2.45, 2.75) is 57.3 Å². The average molecular weight is 378 g/mol. The minimum atomic E-state index is -0.656. The zero-order chi connectivity index (χ0) is 18.7. The van der Waals surface area contributed by atoms with E-state index in [0.717, 1.165) is 23.5 Å². The molecular weight excluding hydrogens is 354 g/mol. The molecule has 6 heteroatoms. The fraction of sp³-hybridized carbons (Fsp3) is 0.500. The summed E-state index contributed by atoms with van der Waals surface area (Å²) in [4.78, 5) is 16.8. The number of carbonyl (C=O) groups excluding carboxylic acids is 1. The van der Waals surface area contributed by atoms with Gasteiger partial charge in [-0.3, -0.25) is 4.79 Å². The Morgan fingerprint density at radius 1 is 1.27 bits per heavy atom. The van der Waals surface area contributed by atoms with Gasteiger partial charge in [0.05, 0.1) is 17.1 Å². The van der Waals surface area contributed by atoms with Crippen LogP contribution in [0.5, 0.6) is 0 Å². The Bertz CT molecular complexity index is 762. The lowest BCUT2D eigenvalue weighted by molar-refractivity contribution is -0.120. The quantitative estimate of drug-likeness (QED) is 0.791. The van der Waals surface area contributed by atoms with Gasteiger partial charge >= 0.3 is 0 Å². The summed E-state index contributed by atoms with van der Waals surface area (Å²) >= 11 is 1.55. The van der Waals surface area contributed by atoms with Crippen LogP contribution < -0.4 is 5.32 Å². The lowest BCUT2D eigenvalue weighted by Gasteiger charge is -2.30. The minimum Gasteiger partial charge on any atom is -0.355 e. The summed E-state index contributed by atoms with van der Waals surface area (Å²) in [6.07, 6.45) is 3.37. The number of nitrogens with zero attached hydrogens (tertiary/aromatic N) is 1. The van der Waals surface area contributed by atoms with Crippen LogP contribution in [0.2, 0.25) is 0 Å². The van der Waals surface area contributed by atoms with Crippen LogP contribution in [0.25, 0.3) is 0 Å². The molecule has 1 N–H and O–H groups in total. The largest absolute Gasteiger partial charge is 0.355 e. The molecule has 1 amide bonds. The summed E-state index contributed by atoms with van der Waals surface area (Å²) in [6, 6.07) is 3.97. The number of rotatable bonds is 6. The Labute approximate surface area is 156 Å². The van der Waals surface area contributed by atoms with Gasteiger partial charge in [0.25, 0.3) is 0 Å². The van der Waals surface area contributed by atoms with Gasteiger partial charge in [0, 0.05) is 28.8 Å². The summed E-state index contributed by atoms with van der Waals surface area (Å²) in [5.74, 6) is -0.874. The lowest BCUT2D eigenvalue weighted by Crippen LogP contribution is -2.40. The summed E-state index contributed by atoms with van der Waals surface area (Å²) in [5.41, 5.74) is 0.207. The molecule has 3 rings (SSSR count). The van der Waals surface area contributed by atoms with Crippen LogP contribution in [0.3, 0.4) is 0 Å². The van der Waals surface area contributed by atoms with Gasteiger partial charge < -0.3 is 5.32 Å². The van der Waals surface area contributed by atoms with Gasteiger partial charge in [0.15, 0.2) is 0 Å². The molecule has 0 saturated heterocycles. The normalized spacial score (nSPS) is 16.2. The summed E-state index contributed by atoms with van der Waals surface area (Å²) in [6.45, 7) is 4.38. The SMILES string of the molecule is CC(C)c1nc(CC(=O)NCC2(c3c(F)cccc3F)CCCC2)cs1. The maximum absolute atomic E-state index is 14.3. The minimum absolute atomic E-state index is 0.119. The molecule has 0 radical (unpaired) electrons. The van der Waals surface area contributed by atoms with Gasteiger partial charge in [0.1, 0.15) is 11.6 Å². The van der Waals surface area contributed by atoms with E-state index in [2.05, 4.69) is 24.1 Å². The van der Waals surface area contributed by atoms with Crippen molar-refractivity contribution in [2.75, 3.05) is 6.54 Å². The van der Waals surface area contributed by atoms with Gasteiger partial charge in [-0.1, -0.05) is 32.8 Å². The van der Waals surface area contributed by atoms with Gasteiger partial charge in [-0.05, 0) is 25.0 Å². The van der Waals surface area contributed by atoms with E-state index in [1.54, 1.807) is 11.3 Å². The van der Waals surface area contributed by atoms with Crippen LogP contribution in [-0.4, -0.2) is 17.4 Å². The molecule has 2 aromatic rings. The molecule has 1 aromatic heterocycles. The van der Waals surface area contributed by atoms with Crippen LogP contribution in [0.4, 0.5) is 8.78 Å². The highest BCUT2D eigenvalue weighted by atomic mass is 32.1. The van der Waals surface area contributed by atoms with Crippen LogP contribution in [0, 0.1) is 11.6 Å². The number of halogens is 2. The molecule has 0 bridgehead atoms. The summed E-state index contributed by atoms with van der Waals surface area (Å²) < 4.78 is 28.7. The smallest absolute Gasteiger partial charge is 0.226 e. The Morgan fingerprint density at radius 3 is 2.50 bits per heavy atom. The fourth-order valence-corrected chi connectivity index (χ4v) is 4.57. The first-order chi connectivity index (χ1) is 12.4. The number of thiazole rings is 1. The molecule has 1 heterocycles. The van der Waals surface area contributed by atoms with E-state index in [-0.39, 0.29) is 24.4 Å². The molecule has 1 saturated carbocycles. The molecule has 1 aliphatic rings. The van der Waals surface area contributed by atoms with E-state index in [0.29, 0.717) is 18.8 Å². The number of carbonyl (C=O) groups is 1. The summed E-state index contributed by atoms with van der Waals surface area (Å²) in [5, 5.41) is 5.81. The maximum atomic E-state index is 14.3. The van der Waals surface area contributed by atoms with Crippen molar-refractivity contribution in [3.8, 4) is 0 Å². The van der Waals surface area contributed by atoms with Crippen molar-refractivity contribution < 1.29 is 13.6 Å². The second kappa shape index (κ2) is 7.82. The number of amides is 1. The number of benzene rings is 1. The number of aromatic nitrogens is 1. The van der Waals surface area contributed by atoms with Gasteiger partial charge in [-0.25, -0.2) is 13.8 Å². The molecule has 26 heavy (non-hydrogen) atoms. The molecule has 1 aliphatic carbocycles. The zero-order valence-electron chi connectivity index (χ0n) is 15.1. The third-order valence-electron chi connectivity index (χ3n) is 5.08. The second-order valence-electron chi connectivity index (χ2n) is 7.37. The van der Waals surface area contributed by atoms with E-state index in [9.17, 15) is 13.6 Å². The molecule has 1 fully saturated rings. The van der Waals surface area contributed by atoms with Crippen molar-refractivity contribution in [3.63, 3.8) is 0 Å². The van der Waals surface area contributed by atoms with Crippen molar-refractivity contribution >= 4 is 17.2 Å². The topological polar surface area (TPSA) is 42.0 Å². The first-order valence-corrected chi connectivity index (χ1v) is 9.95. The van der Waals surface area contributed by atoms with Crippen LogP contribution in [-0.2, 0) is 16.6 Å². The highest BCUT2D eigenvalue weighted by Crippen LogP contribution is 2.42. The predicted octanol–water partition coefficient (Wildman–Crippen LogP) is 4.72. The molecule has 3 nitrogen and oxygen atoms in total. The van der Waals surface area contributed by atoms with Crippen molar-refractivity contribution in [1.82, 2.24) is 10.3 Å². The van der Waals surface area contributed by atoms with Crippen LogP contribution in [0.1, 0.15) is 61.7 Å². The van der Waals surface area contributed by atoms with Crippen LogP contribution in [0.15, 0.2) is 23.6 Å². The molecule has 0 unspecified atom stereocenters. The Kier molecular flexibility index (Phi) is 5.70. The highest BCUT2D eigenvalue weighted by Gasteiger charge is 2.40. The molecule has 0 aliphatic heterocycles. The van der Waals surface area contributed by atoms with Crippen molar-refractivity contribution in [1.29, 1.82) is 0 Å². The number of hydrogen-bond donors (Lipinski definition) is 1. The van der Waals surface area contributed by atoms with E-state index in [1.807, 2.05) is 5.38 Å². The molecule has 0 atom stereocenters. The van der Waals surface area contributed by atoms with Crippen LogP contribution >= 0.6 is 11.3 Å². The standard InChI is InChI=1S/C20H24F2N2OS/c1-13(2)19-24-14(11-26-19)10-17(25)23-12-20(8-3-4-9-20)18-15(21)6-5-7-16(18)22/h5-7,11,13H,3-4,8-10,12H2,1-2H3,(H,23,25). The average Bonchev–Trinajstić information content (AvgIpc) is 3.23. The fourth-order valence-electron chi connectivity index (χ4n) is 3.74. The van der Waals surface area contributed by atoms with Gasteiger partial charge in [-0.2, -0.15) is 0 Å². The third kappa shape index (κ3) is 3.95. The highest BCUT2D eigenvalue weighted by molar-refractivity contribution is 7.09. The van der Waals surface area contributed by atoms with Gasteiger partial charge in [0.2, 0.25) is 5.91 Å². The first-order valence-electron chi connectivity index (χ1n) is 9.07. The zero-order valence-corrected chi connectivity index (χ0v) is 16.0. The molecule has 140 valence electrons. The van der Waals surface area contributed by atoms with E-state index < -0.39 is 17.0 Å². The Balaban J connectivity index is 1.70. The molecular formula is C20H24F2N2OS. The van der Waals surface area contributed by atoms with E-state index in [4.69, 9.17) is 0 Å². The van der Waals surface area contributed by atoms with Crippen molar-refractivity contribution in [3.05, 3.63) is 51.5 Å². The number of hydrogen-bond acceptors (Lipinski definition) is 3. The maximum Gasteiger partial charge on any atom is 0.226 e. The van der Waals surface area contributed by atoms with Gasteiger partial charge in [-0.15, -0.1) is 11.3 Å². The monoisotopic (exact) mass is 378 g/mol. The van der Waals surface area contributed by atoms with Crippen molar-refractivity contribution in [2.24, 2.45) is 0 Å². The second-order valence-corrected chi connectivity index (χ2v) is 8.26. The lowest BCUT2D eigenvalue weighted by atomic mass is 9.78. The molecule has 0 spiro atoms. The Morgan fingerprint density at radius 2 is 1.92 bits per heavy atom. The number of nitrogens with one attached hydrogen (secondary N) is 1. The third-order valence-corrected chi connectivity index (χ3v) is 6.28. The summed E-state index contributed by atoms with van der Waals surface area (Å²) in [7, 11) is 0. The predicted molar refractivity (Wildman–Crippen MR) is 99.4 cm³/mol.